The third kappa shape index (κ3) is 4.19. The highest BCUT2D eigenvalue weighted by Crippen LogP contribution is 2.58. The van der Waals surface area contributed by atoms with Crippen molar-refractivity contribution in [1.82, 2.24) is 20.3 Å². The second-order valence-corrected chi connectivity index (χ2v) is 12.3. The summed E-state index contributed by atoms with van der Waals surface area (Å²) in [5, 5.41) is 8.29. The summed E-state index contributed by atoms with van der Waals surface area (Å²) in [6.45, 7) is 0.489. The Morgan fingerprint density at radius 1 is 0.974 bits per heavy atom. The van der Waals surface area contributed by atoms with Gasteiger partial charge in [0.05, 0.1) is 0 Å². The van der Waals surface area contributed by atoms with Crippen molar-refractivity contribution in [3.63, 3.8) is 0 Å². The van der Waals surface area contributed by atoms with E-state index in [0.717, 1.165) is 74.2 Å². The van der Waals surface area contributed by atoms with Crippen LogP contribution in [-0.2, 0) is 4.79 Å². The Morgan fingerprint density at radius 3 is 2.26 bits per heavy atom. The maximum Gasteiger partial charge on any atom is 0.258 e. The second kappa shape index (κ2) is 8.29. The molecule has 3 aromatic rings. The fourth-order valence-corrected chi connectivity index (χ4v) is 6.48. The van der Waals surface area contributed by atoms with Crippen molar-refractivity contribution < 1.29 is 22.6 Å². The van der Waals surface area contributed by atoms with E-state index in [4.69, 9.17) is 9.05 Å². The first-order chi connectivity index (χ1) is 18.8. The predicted octanol–water partition coefficient (Wildman–Crippen LogP) is 6.28. The van der Waals surface area contributed by atoms with Crippen LogP contribution in [0.25, 0.3) is 17.0 Å². The van der Waals surface area contributed by atoms with E-state index in [1.807, 2.05) is 24.3 Å². The number of fused-ring (bicyclic) bond motifs is 2. The molecule has 6 aliphatic carbocycles. The summed E-state index contributed by atoms with van der Waals surface area (Å²) >= 11 is 0. The summed E-state index contributed by atoms with van der Waals surface area (Å²) in [5.74, 6) is -0.255. The van der Waals surface area contributed by atoms with Gasteiger partial charge in [-0.3, -0.25) is 4.79 Å². The molecule has 4 saturated carbocycles. The quantitative estimate of drug-likeness (QED) is 0.336. The summed E-state index contributed by atoms with van der Waals surface area (Å²) in [5.41, 5.74) is 3.78. The number of nitrogens with zero attached hydrogens (tertiary/aromatic N) is 5. The Kier molecular flexibility index (Phi) is 4.98. The molecule has 6 aliphatic rings. The molecule has 2 bridgehead atoms. The Bertz CT molecular complexity index is 1490. The van der Waals surface area contributed by atoms with E-state index >= 15 is 0 Å². The third-order valence-electron chi connectivity index (χ3n) is 9.14. The van der Waals surface area contributed by atoms with Gasteiger partial charge in [0, 0.05) is 54.0 Å². The van der Waals surface area contributed by atoms with Crippen molar-refractivity contribution in [2.24, 2.45) is 11.3 Å². The largest absolute Gasteiger partial charge is 0.334 e. The number of carbonyl (C=O) groups excluding carboxylic acids is 1. The molecule has 202 valence electrons. The number of benzene rings is 1. The summed E-state index contributed by atoms with van der Waals surface area (Å²) in [6.07, 6.45) is 7.01. The van der Waals surface area contributed by atoms with Gasteiger partial charge in [0.2, 0.25) is 11.8 Å². The minimum atomic E-state index is -2.76. The number of rotatable bonds is 8. The molecule has 0 spiro atoms. The van der Waals surface area contributed by atoms with E-state index < -0.39 is 11.8 Å². The van der Waals surface area contributed by atoms with Crippen LogP contribution in [0.2, 0.25) is 0 Å². The number of anilines is 1. The lowest BCUT2D eigenvalue weighted by molar-refractivity contribution is -0.148. The average Bonchev–Trinajstić information content (AvgIpc) is 3.84. The molecule has 0 atom stereocenters. The number of carbonyl (C=O) groups is 1. The fraction of sp³-hybridized carbons (Fsp3) is 0.552. The summed E-state index contributed by atoms with van der Waals surface area (Å²) in [4.78, 5) is 24.6. The van der Waals surface area contributed by atoms with E-state index in [0.29, 0.717) is 35.8 Å². The van der Waals surface area contributed by atoms with Crippen LogP contribution < -0.4 is 4.90 Å². The molecule has 8 nitrogen and oxygen atoms in total. The van der Waals surface area contributed by atoms with Gasteiger partial charge >= 0.3 is 0 Å². The third-order valence-corrected chi connectivity index (χ3v) is 9.14. The van der Waals surface area contributed by atoms with Gasteiger partial charge in [0.1, 0.15) is 0 Å². The van der Waals surface area contributed by atoms with Crippen molar-refractivity contribution in [2.75, 3.05) is 11.4 Å². The molecule has 0 saturated heterocycles. The zero-order valence-electron chi connectivity index (χ0n) is 21.5. The highest BCUT2D eigenvalue weighted by atomic mass is 19.3. The summed E-state index contributed by atoms with van der Waals surface area (Å²) in [7, 11) is 0. The molecule has 0 unspecified atom stereocenters. The van der Waals surface area contributed by atoms with Crippen LogP contribution in [0.3, 0.4) is 0 Å². The minimum absolute atomic E-state index is 0.0836. The van der Waals surface area contributed by atoms with Gasteiger partial charge in [0.15, 0.2) is 11.6 Å². The lowest BCUT2D eigenvalue weighted by atomic mass is 9.57. The lowest BCUT2D eigenvalue weighted by Crippen LogP contribution is -2.52. The van der Waals surface area contributed by atoms with E-state index in [1.54, 1.807) is 4.90 Å². The Labute approximate surface area is 223 Å². The SMILES string of the molecule is O=C(C1CC(F)(F)C1)N(CC12CCC(c3nc(C4CC4)no3)=C(C1)C2)c1cccc(-c2nc(C3CC3)no2)c1. The smallest absolute Gasteiger partial charge is 0.258 e. The number of hydrogen-bond donors (Lipinski definition) is 0. The predicted molar refractivity (Wildman–Crippen MR) is 136 cm³/mol. The number of aromatic nitrogens is 4. The normalized spacial score (nSPS) is 23.3. The van der Waals surface area contributed by atoms with Crippen molar-refractivity contribution in [2.45, 2.75) is 82.0 Å². The van der Waals surface area contributed by atoms with Gasteiger partial charge in [-0.15, -0.1) is 0 Å². The molecule has 10 heteroatoms. The van der Waals surface area contributed by atoms with Crippen molar-refractivity contribution in [3.8, 4) is 11.5 Å². The molecule has 9 rings (SSSR count). The van der Waals surface area contributed by atoms with E-state index in [9.17, 15) is 13.6 Å². The highest BCUT2D eigenvalue weighted by Gasteiger charge is 2.52. The molecule has 39 heavy (non-hydrogen) atoms. The summed E-state index contributed by atoms with van der Waals surface area (Å²) < 4.78 is 38.6. The van der Waals surface area contributed by atoms with Gasteiger partial charge in [-0.25, -0.2) is 8.78 Å². The molecule has 1 aromatic carbocycles. The first-order valence-corrected chi connectivity index (χ1v) is 14.0. The van der Waals surface area contributed by atoms with E-state index in [2.05, 4.69) is 20.3 Å². The zero-order valence-corrected chi connectivity index (χ0v) is 21.5. The highest BCUT2D eigenvalue weighted by molar-refractivity contribution is 5.96. The monoisotopic (exact) mass is 533 g/mol. The van der Waals surface area contributed by atoms with Crippen LogP contribution >= 0.6 is 0 Å². The van der Waals surface area contributed by atoms with E-state index in [-0.39, 0.29) is 24.2 Å². The van der Waals surface area contributed by atoms with Gasteiger partial charge in [-0.2, -0.15) is 9.97 Å². The Morgan fingerprint density at radius 2 is 1.64 bits per heavy atom. The van der Waals surface area contributed by atoms with Gasteiger partial charge < -0.3 is 13.9 Å². The molecule has 0 aliphatic heterocycles. The van der Waals surface area contributed by atoms with Crippen molar-refractivity contribution in [1.29, 1.82) is 0 Å². The van der Waals surface area contributed by atoms with Crippen molar-refractivity contribution >= 4 is 17.2 Å². The van der Waals surface area contributed by atoms with Crippen molar-refractivity contribution in [3.05, 3.63) is 47.4 Å². The second-order valence-electron chi connectivity index (χ2n) is 12.3. The van der Waals surface area contributed by atoms with E-state index in [1.165, 1.54) is 5.57 Å². The molecular weight excluding hydrogens is 504 g/mol. The Balaban J connectivity index is 1.06. The zero-order chi connectivity index (χ0) is 26.4. The molecule has 4 fully saturated rings. The number of alkyl halides is 2. The topological polar surface area (TPSA) is 98.2 Å². The van der Waals surface area contributed by atoms with Crippen LogP contribution in [0.4, 0.5) is 14.5 Å². The number of hydrogen-bond acceptors (Lipinski definition) is 7. The lowest BCUT2D eigenvalue weighted by Gasteiger charge is -2.51. The summed E-state index contributed by atoms with van der Waals surface area (Å²) in [6, 6.07) is 7.48. The minimum Gasteiger partial charge on any atom is -0.334 e. The fourth-order valence-electron chi connectivity index (χ4n) is 6.48. The number of amides is 1. The molecule has 0 N–H and O–H groups in total. The van der Waals surface area contributed by atoms with Crippen LogP contribution in [0, 0.1) is 11.3 Å². The van der Waals surface area contributed by atoms with Gasteiger partial charge in [0.25, 0.3) is 11.8 Å². The standard InChI is InChI=1S/C29H29F2N5O3/c30-29(31)13-20(14-29)27(37)36(21-3-1-2-18(10-21)25-32-23(34-38-25)16-4-5-16)15-28-9-8-22(19(11-28)12-28)26-33-24(35-39-26)17-6-7-17/h1-3,10,16-17,20H,4-9,11-15H2. The van der Waals surface area contributed by atoms with Gasteiger partial charge in [-0.05, 0) is 75.0 Å². The van der Waals surface area contributed by atoms with Crippen LogP contribution in [0.1, 0.15) is 93.6 Å². The van der Waals surface area contributed by atoms with Gasteiger partial charge in [-0.1, -0.05) is 22.0 Å². The Hall–Kier alpha value is -3.43. The molecule has 2 heterocycles. The first kappa shape index (κ1) is 23.5. The van der Waals surface area contributed by atoms with Crippen LogP contribution in [0.5, 0.6) is 0 Å². The van der Waals surface area contributed by atoms with Crippen LogP contribution in [-0.4, -0.2) is 38.7 Å². The number of halogens is 2. The molecule has 0 radical (unpaired) electrons. The van der Waals surface area contributed by atoms with Crippen LogP contribution in [0.15, 0.2) is 38.9 Å². The molecule has 1 amide bonds. The molecular formula is C29H29F2N5O3. The number of allylic oxidation sites excluding steroid dienone is 2. The molecule has 2 aromatic heterocycles. The maximum absolute atomic E-state index is 13.7. The first-order valence-electron chi connectivity index (χ1n) is 14.0. The average molecular weight is 534 g/mol. The maximum atomic E-state index is 13.7.